The van der Waals surface area contributed by atoms with Gasteiger partial charge < -0.3 is 15.2 Å². The first-order valence-electron chi connectivity index (χ1n) is 4.20. The molecule has 1 aromatic rings. The van der Waals surface area contributed by atoms with Crippen molar-refractivity contribution in [2.45, 2.75) is 6.42 Å². The molecule has 4 heteroatoms. The monoisotopic (exact) mass is 192 g/mol. The average molecular weight is 192 g/mol. The van der Waals surface area contributed by atoms with Crippen molar-refractivity contribution in [2.24, 2.45) is 0 Å². The predicted molar refractivity (Wildman–Crippen MR) is 53.1 cm³/mol. The summed E-state index contributed by atoms with van der Waals surface area (Å²) in [5.41, 5.74) is 6.19. The molecular weight excluding hydrogens is 180 g/mol. The Morgan fingerprint density at radius 2 is 2.07 bits per heavy atom. The number of hydrogen-bond donors (Lipinski definition) is 1. The van der Waals surface area contributed by atoms with Crippen molar-refractivity contribution in [1.82, 2.24) is 0 Å². The third kappa shape index (κ3) is 2.87. The van der Waals surface area contributed by atoms with E-state index in [1.165, 1.54) is 0 Å². The van der Waals surface area contributed by atoms with Gasteiger partial charge in [-0.2, -0.15) is 5.26 Å². The molecule has 0 saturated heterocycles. The van der Waals surface area contributed by atoms with Gasteiger partial charge in [0.1, 0.15) is 18.1 Å². The molecule has 4 nitrogen and oxygen atoms in total. The van der Waals surface area contributed by atoms with Crippen LogP contribution in [0.4, 0.5) is 5.69 Å². The predicted octanol–water partition coefficient (Wildman–Crippen LogP) is 1.57. The van der Waals surface area contributed by atoms with Gasteiger partial charge in [0.15, 0.2) is 0 Å². The Kier molecular flexibility index (Phi) is 3.62. The maximum Gasteiger partial charge on any atom is 0.125 e. The fraction of sp³-hybridized carbons (Fsp3) is 0.300. The highest BCUT2D eigenvalue weighted by atomic mass is 16.5. The van der Waals surface area contributed by atoms with Gasteiger partial charge in [-0.3, -0.25) is 0 Å². The lowest BCUT2D eigenvalue weighted by molar-refractivity contribution is 0.323. The van der Waals surface area contributed by atoms with Crippen LogP contribution in [0.1, 0.15) is 6.42 Å². The first kappa shape index (κ1) is 10.2. The Bertz CT molecular complexity index is 344. The van der Waals surface area contributed by atoms with E-state index in [1.54, 1.807) is 25.3 Å². The van der Waals surface area contributed by atoms with Crippen molar-refractivity contribution >= 4 is 5.69 Å². The summed E-state index contributed by atoms with van der Waals surface area (Å²) in [5, 5.41) is 8.32. The van der Waals surface area contributed by atoms with Crippen molar-refractivity contribution in [3.05, 3.63) is 18.2 Å². The zero-order valence-electron chi connectivity index (χ0n) is 7.99. The molecule has 0 fully saturated rings. The van der Waals surface area contributed by atoms with Crippen LogP contribution in [0.3, 0.4) is 0 Å². The van der Waals surface area contributed by atoms with E-state index in [0.717, 1.165) is 0 Å². The van der Waals surface area contributed by atoms with Gasteiger partial charge in [0.05, 0.1) is 19.6 Å². The van der Waals surface area contributed by atoms with E-state index in [-0.39, 0.29) is 0 Å². The molecule has 0 spiro atoms. The maximum atomic E-state index is 8.32. The summed E-state index contributed by atoms with van der Waals surface area (Å²) in [6.45, 7) is 0.364. The molecule has 0 radical (unpaired) electrons. The SMILES string of the molecule is COc1cc(N)cc(OCCC#N)c1. The van der Waals surface area contributed by atoms with Crippen LogP contribution in [0.25, 0.3) is 0 Å². The molecular formula is C10H12N2O2. The number of nitrogens with zero attached hydrogens (tertiary/aromatic N) is 1. The number of anilines is 1. The number of nitrogen functional groups attached to an aromatic ring is 1. The molecule has 0 amide bonds. The molecule has 1 aromatic carbocycles. The maximum absolute atomic E-state index is 8.32. The van der Waals surface area contributed by atoms with Gasteiger partial charge in [0, 0.05) is 23.9 Å². The molecule has 0 saturated carbocycles. The lowest BCUT2D eigenvalue weighted by Crippen LogP contribution is -1.97. The van der Waals surface area contributed by atoms with Gasteiger partial charge in [0.2, 0.25) is 0 Å². The van der Waals surface area contributed by atoms with Crippen molar-refractivity contribution in [3.8, 4) is 17.6 Å². The van der Waals surface area contributed by atoms with Crippen LogP contribution >= 0.6 is 0 Å². The molecule has 0 heterocycles. The number of rotatable bonds is 4. The molecule has 2 N–H and O–H groups in total. The zero-order chi connectivity index (χ0) is 10.4. The first-order valence-corrected chi connectivity index (χ1v) is 4.20. The second-order valence-corrected chi connectivity index (χ2v) is 2.70. The standard InChI is InChI=1S/C10H12N2O2/c1-13-9-5-8(12)6-10(7-9)14-4-2-3-11/h5-7H,2,4,12H2,1H3. The van der Waals surface area contributed by atoms with Crippen LogP contribution < -0.4 is 15.2 Å². The number of ether oxygens (including phenoxy) is 2. The Morgan fingerprint density at radius 1 is 1.36 bits per heavy atom. The minimum Gasteiger partial charge on any atom is -0.497 e. The highest BCUT2D eigenvalue weighted by Crippen LogP contribution is 2.23. The van der Waals surface area contributed by atoms with E-state index in [9.17, 15) is 0 Å². The third-order valence-corrected chi connectivity index (χ3v) is 1.62. The highest BCUT2D eigenvalue weighted by molar-refractivity contribution is 5.50. The number of benzene rings is 1. The zero-order valence-corrected chi connectivity index (χ0v) is 7.99. The summed E-state index contributed by atoms with van der Waals surface area (Å²) in [4.78, 5) is 0. The smallest absolute Gasteiger partial charge is 0.125 e. The molecule has 0 aliphatic rings. The van der Waals surface area contributed by atoms with E-state index < -0.39 is 0 Å². The Morgan fingerprint density at radius 3 is 2.71 bits per heavy atom. The molecule has 0 unspecified atom stereocenters. The van der Waals surface area contributed by atoms with E-state index in [4.69, 9.17) is 20.5 Å². The molecule has 0 bridgehead atoms. The normalized spacial score (nSPS) is 9.14. The number of hydrogen-bond acceptors (Lipinski definition) is 4. The van der Waals surface area contributed by atoms with Gasteiger partial charge in [-0.15, -0.1) is 0 Å². The lowest BCUT2D eigenvalue weighted by Gasteiger charge is -2.07. The molecule has 0 aliphatic heterocycles. The molecule has 14 heavy (non-hydrogen) atoms. The summed E-state index contributed by atoms with van der Waals surface area (Å²) in [6, 6.07) is 7.12. The fourth-order valence-electron chi connectivity index (χ4n) is 1.01. The summed E-state index contributed by atoms with van der Waals surface area (Å²) in [6.07, 6.45) is 0.358. The summed E-state index contributed by atoms with van der Waals surface area (Å²) < 4.78 is 10.3. The van der Waals surface area contributed by atoms with Gasteiger partial charge in [-0.25, -0.2) is 0 Å². The molecule has 0 aromatic heterocycles. The minimum atomic E-state index is 0.358. The summed E-state index contributed by atoms with van der Waals surface area (Å²) in [5.74, 6) is 1.27. The molecule has 74 valence electrons. The Labute approximate surface area is 82.9 Å². The van der Waals surface area contributed by atoms with E-state index in [0.29, 0.717) is 30.2 Å². The van der Waals surface area contributed by atoms with Gasteiger partial charge in [-0.1, -0.05) is 0 Å². The van der Waals surface area contributed by atoms with Crippen LogP contribution in [0.5, 0.6) is 11.5 Å². The number of nitrogens with two attached hydrogens (primary N) is 1. The van der Waals surface area contributed by atoms with Gasteiger partial charge in [0.25, 0.3) is 0 Å². The number of methoxy groups -OCH3 is 1. The van der Waals surface area contributed by atoms with Crippen LogP contribution in [0.2, 0.25) is 0 Å². The third-order valence-electron chi connectivity index (χ3n) is 1.62. The van der Waals surface area contributed by atoms with Crippen molar-refractivity contribution in [2.75, 3.05) is 19.5 Å². The largest absolute Gasteiger partial charge is 0.497 e. The Balaban J connectivity index is 2.67. The minimum absolute atomic E-state index is 0.358. The van der Waals surface area contributed by atoms with Gasteiger partial charge >= 0.3 is 0 Å². The van der Waals surface area contributed by atoms with Crippen LogP contribution in [-0.4, -0.2) is 13.7 Å². The first-order chi connectivity index (χ1) is 6.76. The van der Waals surface area contributed by atoms with Gasteiger partial charge in [-0.05, 0) is 0 Å². The highest BCUT2D eigenvalue weighted by Gasteiger charge is 1.99. The van der Waals surface area contributed by atoms with E-state index >= 15 is 0 Å². The topological polar surface area (TPSA) is 68.3 Å². The molecule has 0 atom stereocenters. The summed E-state index contributed by atoms with van der Waals surface area (Å²) in [7, 11) is 1.56. The number of nitriles is 1. The molecule has 0 aliphatic carbocycles. The molecule has 1 rings (SSSR count). The average Bonchev–Trinajstić information content (AvgIpc) is 2.17. The second-order valence-electron chi connectivity index (χ2n) is 2.70. The van der Waals surface area contributed by atoms with Crippen LogP contribution in [-0.2, 0) is 0 Å². The van der Waals surface area contributed by atoms with Crippen molar-refractivity contribution in [1.29, 1.82) is 5.26 Å². The second kappa shape index (κ2) is 4.97. The quantitative estimate of drug-likeness (QED) is 0.580. The van der Waals surface area contributed by atoms with E-state index in [1.807, 2.05) is 6.07 Å². The van der Waals surface area contributed by atoms with Crippen LogP contribution in [0, 0.1) is 11.3 Å². The van der Waals surface area contributed by atoms with Crippen molar-refractivity contribution in [3.63, 3.8) is 0 Å². The van der Waals surface area contributed by atoms with Crippen molar-refractivity contribution < 1.29 is 9.47 Å². The van der Waals surface area contributed by atoms with Crippen LogP contribution in [0.15, 0.2) is 18.2 Å². The lowest BCUT2D eigenvalue weighted by atomic mass is 10.3. The summed E-state index contributed by atoms with van der Waals surface area (Å²) >= 11 is 0. The fourth-order valence-corrected chi connectivity index (χ4v) is 1.01. The van der Waals surface area contributed by atoms with E-state index in [2.05, 4.69) is 0 Å². The Hall–Kier alpha value is -1.89.